The van der Waals surface area contributed by atoms with Crippen molar-refractivity contribution in [2.45, 2.75) is 105 Å². The molecule has 0 amide bonds. The maximum Gasteiger partial charge on any atom is 0.137 e. The van der Waals surface area contributed by atoms with Crippen molar-refractivity contribution in [3.63, 3.8) is 0 Å². The van der Waals surface area contributed by atoms with E-state index in [1.165, 1.54) is 22.4 Å². The van der Waals surface area contributed by atoms with Gasteiger partial charge in [0.25, 0.3) is 0 Å². The van der Waals surface area contributed by atoms with Crippen molar-refractivity contribution in [3.05, 3.63) is 192 Å². The van der Waals surface area contributed by atoms with Crippen molar-refractivity contribution < 1.29 is 11.6 Å². The highest BCUT2D eigenvalue weighted by molar-refractivity contribution is 6.09. The molecule has 0 unspecified atom stereocenters. The number of para-hydroxylation sites is 3. The van der Waals surface area contributed by atoms with E-state index in [0.29, 0.717) is 29.5 Å². The van der Waals surface area contributed by atoms with Crippen LogP contribution in [0, 0.1) is 0 Å². The summed E-state index contributed by atoms with van der Waals surface area (Å²) in [5, 5.41) is 2.07. The average molecular weight is 912 g/mol. The molecule has 348 valence electrons. The Labute approximate surface area is 417 Å². The van der Waals surface area contributed by atoms with Crippen LogP contribution in [0.1, 0.15) is 112 Å². The van der Waals surface area contributed by atoms with Crippen LogP contribution in [0.25, 0.3) is 49.9 Å². The number of hydrogen-bond donors (Lipinski definition) is 0. The molecule has 5 heteroatoms. The first kappa shape index (κ1) is 39.8. The van der Waals surface area contributed by atoms with Crippen molar-refractivity contribution in [1.82, 2.24) is 9.55 Å². The predicted octanol–water partition coefficient (Wildman–Crippen LogP) is 17.7. The first-order valence-electron chi connectivity index (χ1n) is 26.6. The Bertz CT molecular complexity index is 3640. The molecular formula is C64H66N4O. The van der Waals surface area contributed by atoms with Gasteiger partial charge < -0.3 is 14.5 Å². The standard InChI is InChI=1S/C64H66N4O/c1-61(2,3)44-34-45(62(4,5)6)36-47(35-44)67-41-66(57-28-20-21-29-58(57)67)46-32-43(50-24-16-18-26-54(50)63(7,8)9)33-49(37-46)69-48-30-31-52-51-25-17-19-27-56(51)68(59(52)38-48)60-39-55(64(10,11)12)53(40-65-60)42-22-14-13-15-23-42/h13-40H,41H2,1-12H3/i13D,14D,15D,22D,23D. The number of pyridine rings is 1. The molecule has 1 aliphatic heterocycles. The summed E-state index contributed by atoms with van der Waals surface area (Å²) in [7, 11) is 0. The monoisotopic (exact) mass is 912 g/mol. The third-order valence-electron chi connectivity index (χ3n) is 13.5. The molecule has 3 heterocycles. The van der Waals surface area contributed by atoms with Crippen LogP contribution in [-0.4, -0.2) is 16.2 Å². The summed E-state index contributed by atoms with van der Waals surface area (Å²) in [6.45, 7) is 27.3. The Morgan fingerprint density at radius 2 is 1.07 bits per heavy atom. The van der Waals surface area contributed by atoms with Gasteiger partial charge in [0, 0.05) is 46.0 Å². The molecule has 5 nitrogen and oxygen atoms in total. The van der Waals surface area contributed by atoms with Crippen LogP contribution in [0.3, 0.4) is 0 Å². The molecule has 0 aliphatic carbocycles. The Kier molecular flexibility index (Phi) is 9.72. The summed E-state index contributed by atoms with van der Waals surface area (Å²) < 4.78 is 52.1. The van der Waals surface area contributed by atoms with Gasteiger partial charge in [-0.1, -0.05) is 174 Å². The quantitative estimate of drug-likeness (QED) is 0.160. The SMILES string of the molecule is [2H]c1c([2H])c([2H])c(-c2cnc(-n3c4ccccc4c4ccc(Oc5cc(-c6ccccc6C(C)(C)C)cc(N6CN(c7cc(C(C)(C)C)cc(C(C)(C)C)c7)c7ccccc76)c5)cc43)cc2C(C)(C)C)c([2H])c1[2H]. The zero-order chi connectivity index (χ0) is 53.0. The topological polar surface area (TPSA) is 33.5 Å². The summed E-state index contributed by atoms with van der Waals surface area (Å²) in [4.78, 5) is 9.88. The Hall–Kier alpha value is -7.11. The minimum atomic E-state index is -0.490. The molecule has 2 aromatic heterocycles. The normalized spacial score (nSPS) is 14.4. The van der Waals surface area contributed by atoms with Crippen LogP contribution in [-0.2, 0) is 21.7 Å². The van der Waals surface area contributed by atoms with Gasteiger partial charge in [-0.2, -0.15) is 0 Å². The molecule has 0 spiro atoms. The minimum Gasteiger partial charge on any atom is -0.457 e. The van der Waals surface area contributed by atoms with Gasteiger partial charge in [-0.25, -0.2) is 4.98 Å². The van der Waals surface area contributed by atoms with Crippen LogP contribution in [0.5, 0.6) is 11.5 Å². The second kappa shape index (κ2) is 16.8. The van der Waals surface area contributed by atoms with E-state index in [9.17, 15) is 0 Å². The van der Waals surface area contributed by atoms with Gasteiger partial charge in [0.15, 0.2) is 0 Å². The highest BCUT2D eigenvalue weighted by Crippen LogP contribution is 2.48. The Balaban J connectivity index is 1.12. The van der Waals surface area contributed by atoms with Crippen LogP contribution in [0.15, 0.2) is 170 Å². The van der Waals surface area contributed by atoms with Crippen LogP contribution in [0.4, 0.5) is 22.7 Å². The lowest BCUT2D eigenvalue weighted by Gasteiger charge is -2.29. The Morgan fingerprint density at radius 3 is 1.72 bits per heavy atom. The number of fused-ring (bicyclic) bond motifs is 4. The van der Waals surface area contributed by atoms with E-state index >= 15 is 0 Å². The zero-order valence-corrected chi connectivity index (χ0v) is 42.2. The first-order valence-corrected chi connectivity index (χ1v) is 24.1. The van der Waals surface area contributed by atoms with Crippen LogP contribution >= 0.6 is 0 Å². The highest BCUT2D eigenvalue weighted by atomic mass is 16.5. The summed E-state index contributed by atoms with van der Waals surface area (Å²) in [5.41, 5.74) is 13.1. The molecule has 69 heavy (non-hydrogen) atoms. The molecule has 10 rings (SSSR count). The molecule has 9 aromatic rings. The zero-order valence-electron chi connectivity index (χ0n) is 47.2. The Morgan fingerprint density at radius 1 is 0.478 bits per heavy atom. The molecule has 1 aliphatic rings. The maximum absolute atomic E-state index is 8.86. The highest BCUT2D eigenvalue weighted by Gasteiger charge is 2.31. The molecule has 7 aromatic carbocycles. The van der Waals surface area contributed by atoms with Crippen molar-refractivity contribution >= 4 is 44.6 Å². The molecule has 0 saturated heterocycles. The lowest BCUT2D eigenvalue weighted by atomic mass is 9.80. The smallest absolute Gasteiger partial charge is 0.137 e. The summed E-state index contributed by atoms with van der Waals surface area (Å²) in [6, 6.07) is 45.9. The molecule has 0 radical (unpaired) electrons. The molecule has 0 N–H and O–H groups in total. The summed E-state index contributed by atoms with van der Waals surface area (Å²) in [5.74, 6) is 1.98. The lowest BCUT2D eigenvalue weighted by molar-refractivity contribution is 0.483. The second-order valence-corrected chi connectivity index (χ2v) is 22.7. The number of nitrogens with zero attached hydrogens (tertiary/aromatic N) is 4. The van der Waals surface area contributed by atoms with E-state index in [1.54, 1.807) is 6.20 Å². The van der Waals surface area contributed by atoms with Gasteiger partial charge >= 0.3 is 0 Å². The lowest BCUT2D eigenvalue weighted by Crippen LogP contribution is -2.25. The van der Waals surface area contributed by atoms with Gasteiger partial charge in [0.05, 0.1) is 29.3 Å². The molecule has 0 saturated carbocycles. The average Bonchev–Trinajstić information content (AvgIpc) is 3.90. The summed E-state index contributed by atoms with van der Waals surface area (Å²) >= 11 is 0. The van der Waals surface area contributed by atoms with Crippen LogP contribution in [0.2, 0.25) is 0 Å². The van der Waals surface area contributed by atoms with E-state index in [2.05, 4.69) is 207 Å². The van der Waals surface area contributed by atoms with E-state index < -0.39 is 11.5 Å². The van der Waals surface area contributed by atoms with Gasteiger partial charge in [0.2, 0.25) is 0 Å². The van der Waals surface area contributed by atoms with E-state index in [0.717, 1.165) is 55.6 Å². The van der Waals surface area contributed by atoms with E-state index in [-0.39, 0.29) is 46.0 Å². The van der Waals surface area contributed by atoms with Gasteiger partial charge in [-0.05, 0) is 121 Å². The minimum absolute atomic E-state index is 0.0404. The van der Waals surface area contributed by atoms with Crippen molar-refractivity contribution in [1.29, 1.82) is 0 Å². The third-order valence-corrected chi connectivity index (χ3v) is 13.5. The van der Waals surface area contributed by atoms with E-state index in [4.69, 9.17) is 16.6 Å². The number of hydrogen-bond acceptors (Lipinski definition) is 4. The number of aromatic nitrogens is 2. The number of rotatable bonds is 7. The van der Waals surface area contributed by atoms with Gasteiger partial charge in [-0.3, -0.25) is 4.57 Å². The molecule has 0 atom stereocenters. The summed E-state index contributed by atoms with van der Waals surface area (Å²) in [6.07, 6.45) is 1.66. The third kappa shape index (κ3) is 8.69. The van der Waals surface area contributed by atoms with E-state index in [1.807, 2.05) is 24.3 Å². The fourth-order valence-corrected chi connectivity index (χ4v) is 9.80. The van der Waals surface area contributed by atoms with Crippen molar-refractivity contribution in [3.8, 4) is 39.6 Å². The number of benzene rings is 7. The fraction of sp³-hybridized carbons (Fsp3) is 0.266. The first-order chi connectivity index (χ1) is 34.8. The van der Waals surface area contributed by atoms with Crippen molar-refractivity contribution in [2.75, 3.05) is 16.5 Å². The molecular weight excluding hydrogens is 841 g/mol. The van der Waals surface area contributed by atoms with Crippen LogP contribution < -0.4 is 14.5 Å². The second-order valence-electron chi connectivity index (χ2n) is 22.7. The van der Waals surface area contributed by atoms with Gasteiger partial charge in [0.1, 0.15) is 24.0 Å². The van der Waals surface area contributed by atoms with Crippen molar-refractivity contribution in [2.24, 2.45) is 0 Å². The molecule has 0 fully saturated rings. The van der Waals surface area contributed by atoms with Gasteiger partial charge in [-0.15, -0.1) is 0 Å². The maximum atomic E-state index is 8.86. The largest absolute Gasteiger partial charge is 0.457 e. The number of ether oxygens (including phenoxy) is 1. The fourth-order valence-electron chi connectivity index (χ4n) is 9.80. The predicted molar refractivity (Wildman–Crippen MR) is 293 cm³/mol. The molecule has 0 bridgehead atoms. The number of anilines is 4.